The van der Waals surface area contributed by atoms with E-state index in [2.05, 4.69) is 9.97 Å². The zero-order chi connectivity index (χ0) is 8.55. The Kier molecular flexibility index (Phi) is 1.33. The van der Waals surface area contributed by atoms with Crippen molar-refractivity contribution in [1.29, 1.82) is 0 Å². The summed E-state index contributed by atoms with van der Waals surface area (Å²) in [6.07, 6.45) is 3.73. The van der Waals surface area contributed by atoms with Crippen LogP contribution in [0.4, 0.5) is 0 Å². The summed E-state index contributed by atoms with van der Waals surface area (Å²) in [5, 5.41) is 0. The number of nitrogens with one attached hydrogen (secondary N) is 2. The van der Waals surface area contributed by atoms with Gasteiger partial charge in [0.15, 0.2) is 6.29 Å². The minimum atomic E-state index is -0.114. The Balaban J connectivity index is 2.98. The Morgan fingerprint density at radius 1 is 1.25 bits per heavy atom. The smallest absolute Gasteiger partial charge is 0.205 e. The molecule has 12 heavy (non-hydrogen) atoms. The van der Waals surface area contributed by atoms with Crippen molar-refractivity contribution in [2.75, 3.05) is 0 Å². The van der Waals surface area contributed by atoms with Crippen LogP contribution in [0.5, 0.6) is 0 Å². The highest BCUT2D eigenvalue weighted by Gasteiger charge is 2.03. The van der Waals surface area contributed by atoms with E-state index in [1.807, 2.05) is 0 Å². The number of hydrogen-bond acceptors (Lipinski definition) is 2. The maximum absolute atomic E-state index is 11.1. The Bertz CT molecular complexity index is 481. The van der Waals surface area contributed by atoms with Gasteiger partial charge < -0.3 is 9.97 Å². The van der Waals surface area contributed by atoms with E-state index in [0.29, 0.717) is 22.9 Å². The Labute approximate surface area is 67.2 Å². The number of carbonyl (C=O) groups is 1. The highest BCUT2D eigenvalue weighted by molar-refractivity contribution is 5.94. The van der Waals surface area contributed by atoms with Crippen LogP contribution in [0.2, 0.25) is 0 Å². The molecule has 60 valence electrons. The second-order valence-corrected chi connectivity index (χ2v) is 2.45. The highest BCUT2D eigenvalue weighted by Crippen LogP contribution is 2.08. The van der Waals surface area contributed by atoms with Gasteiger partial charge in [-0.1, -0.05) is 0 Å². The third-order valence-electron chi connectivity index (χ3n) is 1.75. The fourth-order valence-corrected chi connectivity index (χ4v) is 1.17. The van der Waals surface area contributed by atoms with Crippen LogP contribution in [0, 0.1) is 0 Å². The molecule has 4 heteroatoms. The topological polar surface area (TPSA) is 65.7 Å². The molecule has 0 saturated carbocycles. The second kappa shape index (κ2) is 2.34. The molecule has 0 radical (unpaired) electrons. The van der Waals surface area contributed by atoms with Crippen LogP contribution in [0.25, 0.3) is 11.0 Å². The first-order chi connectivity index (χ1) is 5.83. The van der Waals surface area contributed by atoms with Gasteiger partial charge in [-0.05, 0) is 0 Å². The van der Waals surface area contributed by atoms with E-state index >= 15 is 0 Å². The van der Waals surface area contributed by atoms with Crippen molar-refractivity contribution in [2.45, 2.75) is 0 Å². The SMILES string of the molecule is O=Cc1c[nH]c2c(=O)cc[nH]c12. The Hall–Kier alpha value is -1.84. The van der Waals surface area contributed by atoms with Gasteiger partial charge in [0.05, 0.1) is 11.1 Å². The molecular formula is C8H6N2O2. The normalized spacial score (nSPS) is 10.3. The summed E-state index contributed by atoms with van der Waals surface area (Å²) in [5.41, 5.74) is 1.37. The van der Waals surface area contributed by atoms with Gasteiger partial charge in [0, 0.05) is 18.5 Å². The van der Waals surface area contributed by atoms with Crippen LogP contribution >= 0.6 is 0 Å². The molecular weight excluding hydrogens is 156 g/mol. The van der Waals surface area contributed by atoms with Crippen molar-refractivity contribution in [1.82, 2.24) is 9.97 Å². The molecule has 2 N–H and O–H groups in total. The number of aromatic amines is 2. The fourth-order valence-electron chi connectivity index (χ4n) is 1.17. The van der Waals surface area contributed by atoms with Crippen LogP contribution in [-0.4, -0.2) is 16.3 Å². The lowest BCUT2D eigenvalue weighted by Crippen LogP contribution is -1.99. The molecule has 4 nitrogen and oxygen atoms in total. The second-order valence-electron chi connectivity index (χ2n) is 2.45. The van der Waals surface area contributed by atoms with E-state index in [9.17, 15) is 9.59 Å². The van der Waals surface area contributed by atoms with Crippen molar-refractivity contribution < 1.29 is 4.79 Å². The summed E-state index contributed by atoms with van der Waals surface area (Å²) >= 11 is 0. The van der Waals surface area contributed by atoms with Gasteiger partial charge in [-0.25, -0.2) is 0 Å². The molecule has 0 aliphatic rings. The average molecular weight is 162 g/mol. The molecule has 2 rings (SSSR count). The predicted octanol–water partition coefficient (Wildman–Crippen LogP) is 0.669. The number of fused-ring (bicyclic) bond motifs is 1. The number of rotatable bonds is 1. The molecule has 0 aliphatic carbocycles. The maximum Gasteiger partial charge on any atom is 0.205 e. The van der Waals surface area contributed by atoms with Crippen LogP contribution in [0.1, 0.15) is 10.4 Å². The largest absolute Gasteiger partial charge is 0.359 e. The van der Waals surface area contributed by atoms with Gasteiger partial charge >= 0.3 is 0 Å². The lowest BCUT2D eigenvalue weighted by Gasteiger charge is -1.87. The molecule has 0 fully saturated rings. The molecule has 2 aromatic rings. The molecule has 0 unspecified atom stereocenters. The average Bonchev–Trinajstić information content (AvgIpc) is 2.49. The summed E-state index contributed by atoms with van der Waals surface area (Å²) in [6.45, 7) is 0. The van der Waals surface area contributed by atoms with Crippen molar-refractivity contribution >= 4 is 17.3 Å². The summed E-state index contributed by atoms with van der Waals surface area (Å²) in [7, 11) is 0. The first kappa shape index (κ1) is 6.84. The first-order valence-electron chi connectivity index (χ1n) is 3.47. The molecule has 2 heterocycles. The van der Waals surface area contributed by atoms with E-state index in [4.69, 9.17) is 0 Å². The summed E-state index contributed by atoms with van der Waals surface area (Å²) in [5.74, 6) is 0. The quantitative estimate of drug-likeness (QED) is 0.605. The minimum absolute atomic E-state index is 0.114. The molecule has 0 amide bonds. The number of aldehydes is 1. The van der Waals surface area contributed by atoms with Crippen molar-refractivity contribution in [2.24, 2.45) is 0 Å². The lowest BCUT2D eigenvalue weighted by atomic mass is 10.3. The van der Waals surface area contributed by atoms with Crippen LogP contribution in [0.3, 0.4) is 0 Å². The van der Waals surface area contributed by atoms with Crippen molar-refractivity contribution in [3.8, 4) is 0 Å². The van der Waals surface area contributed by atoms with E-state index in [1.165, 1.54) is 18.5 Å². The molecule has 0 atom stereocenters. The van der Waals surface area contributed by atoms with E-state index in [1.54, 1.807) is 0 Å². The third-order valence-corrected chi connectivity index (χ3v) is 1.75. The Morgan fingerprint density at radius 3 is 2.83 bits per heavy atom. The van der Waals surface area contributed by atoms with Crippen LogP contribution in [-0.2, 0) is 0 Å². The van der Waals surface area contributed by atoms with E-state index in [-0.39, 0.29) is 5.43 Å². The standard InChI is InChI=1S/C8H6N2O2/c11-4-5-3-10-8-6(12)1-2-9-7(5)8/h1-4,10H,(H,9,12). The fraction of sp³-hybridized carbons (Fsp3) is 0. The van der Waals surface area contributed by atoms with Crippen molar-refractivity contribution in [3.05, 3.63) is 34.2 Å². The third kappa shape index (κ3) is 0.780. The number of aromatic nitrogens is 2. The summed E-state index contributed by atoms with van der Waals surface area (Å²) in [4.78, 5) is 27.2. The van der Waals surface area contributed by atoms with Gasteiger partial charge in [-0.15, -0.1) is 0 Å². The van der Waals surface area contributed by atoms with Crippen LogP contribution < -0.4 is 5.43 Å². The minimum Gasteiger partial charge on any atom is -0.359 e. The van der Waals surface area contributed by atoms with Gasteiger partial charge in [-0.2, -0.15) is 0 Å². The number of carbonyl (C=O) groups excluding carboxylic acids is 1. The summed E-state index contributed by atoms with van der Waals surface area (Å²) < 4.78 is 0. The zero-order valence-corrected chi connectivity index (χ0v) is 6.13. The molecule has 0 aliphatic heterocycles. The number of hydrogen-bond donors (Lipinski definition) is 2. The molecule has 0 saturated heterocycles. The van der Waals surface area contributed by atoms with Gasteiger partial charge in [0.25, 0.3) is 0 Å². The van der Waals surface area contributed by atoms with Gasteiger partial charge in [0.2, 0.25) is 5.43 Å². The monoisotopic (exact) mass is 162 g/mol. The maximum atomic E-state index is 11.1. The van der Waals surface area contributed by atoms with E-state index in [0.717, 1.165) is 0 Å². The molecule has 2 aromatic heterocycles. The van der Waals surface area contributed by atoms with Crippen LogP contribution in [0.15, 0.2) is 23.3 Å². The van der Waals surface area contributed by atoms with Gasteiger partial charge in [0.1, 0.15) is 5.52 Å². The molecule has 0 spiro atoms. The molecule has 0 aromatic carbocycles. The van der Waals surface area contributed by atoms with Crippen molar-refractivity contribution in [3.63, 3.8) is 0 Å². The lowest BCUT2D eigenvalue weighted by molar-refractivity contribution is 0.112. The molecule has 0 bridgehead atoms. The Morgan fingerprint density at radius 2 is 2.08 bits per heavy atom. The zero-order valence-electron chi connectivity index (χ0n) is 6.13. The first-order valence-corrected chi connectivity index (χ1v) is 3.47. The summed E-state index contributed by atoms with van der Waals surface area (Å²) in [6, 6.07) is 1.41. The van der Waals surface area contributed by atoms with E-state index < -0.39 is 0 Å². The number of H-pyrrole nitrogens is 2. The van der Waals surface area contributed by atoms with Gasteiger partial charge in [-0.3, -0.25) is 9.59 Å². The number of pyridine rings is 1. The predicted molar refractivity (Wildman–Crippen MR) is 44.3 cm³/mol. The highest BCUT2D eigenvalue weighted by atomic mass is 16.1.